The third-order valence-corrected chi connectivity index (χ3v) is 3.76. The predicted molar refractivity (Wildman–Crippen MR) is 93.5 cm³/mol. The molecular weight excluding hydrogens is 344 g/mol. The van der Waals surface area contributed by atoms with Crippen LogP contribution in [0.1, 0.15) is 24.0 Å². The van der Waals surface area contributed by atoms with Crippen LogP contribution in [0.5, 0.6) is 5.75 Å². The van der Waals surface area contributed by atoms with Crippen LogP contribution in [-0.2, 0) is 0 Å². The van der Waals surface area contributed by atoms with Gasteiger partial charge in [0.15, 0.2) is 11.5 Å². The lowest BCUT2D eigenvalue weighted by molar-refractivity contribution is 0.310. The number of rotatable bonds is 7. The van der Waals surface area contributed by atoms with Crippen molar-refractivity contribution in [2.24, 2.45) is 0 Å². The van der Waals surface area contributed by atoms with Gasteiger partial charge in [0.25, 0.3) is 0 Å². The lowest BCUT2D eigenvalue weighted by Gasteiger charge is -2.08. The van der Waals surface area contributed by atoms with E-state index in [4.69, 9.17) is 4.74 Å². The van der Waals surface area contributed by atoms with Crippen LogP contribution in [0.4, 0.5) is 0 Å². The first-order valence-electron chi connectivity index (χ1n) is 7.19. The van der Waals surface area contributed by atoms with Gasteiger partial charge in [-0.3, -0.25) is 0 Å². The molecule has 2 N–H and O–H groups in total. The van der Waals surface area contributed by atoms with Gasteiger partial charge in [-0.2, -0.15) is 0 Å². The zero-order chi connectivity index (χ0) is 15.8. The monoisotopic (exact) mass is 362 g/mol. The smallest absolute Gasteiger partial charge is 0.165 e. The molecule has 0 aliphatic heterocycles. The van der Waals surface area contributed by atoms with Gasteiger partial charge < -0.3 is 14.9 Å². The molecule has 0 aliphatic carbocycles. The van der Waals surface area contributed by atoms with Gasteiger partial charge in [-0.05, 0) is 37.1 Å². The van der Waals surface area contributed by atoms with E-state index in [1.807, 2.05) is 18.2 Å². The molecule has 2 aromatic carbocycles. The van der Waals surface area contributed by atoms with Gasteiger partial charge in [0.2, 0.25) is 0 Å². The summed E-state index contributed by atoms with van der Waals surface area (Å²) in [5.41, 5.74) is 1.13. The molecule has 22 heavy (non-hydrogen) atoms. The molecule has 0 heterocycles. The second-order valence-corrected chi connectivity index (χ2v) is 5.63. The molecule has 0 spiro atoms. The standard InChI is InChI=1S/C18H19BrO3/c19-12-4-5-13-22-16-10-8-15(9-11-16)18(21)17(20)14-6-2-1-3-7-14/h1-3,6-11,20-21H,4-5,12-13H2. The largest absolute Gasteiger partial charge is 0.504 e. The number of hydrogen-bond donors (Lipinski definition) is 2. The van der Waals surface area contributed by atoms with Crippen LogP contribution >= 0.6 is 15.9 Å². The second-order valence-electron chi connectivity index (χ2n) is 4.83. The van der Waals surface area contributed by atoms with E-state index < -0.39 is 0 Å². The zero-order valence-corrected chi connectivity index (χ0v) is 13.8. The fourth-order valence-corrected chi connectivity index (χ4v) is 2.36. The number of benzene rings is 2. The molecule has 0 radical (unpaired) electrons. The Hall–Kier alpha value is -1.94. The van der Waals surface area contributed by atoms with Crippen LogP contribution in [0.2, 0.25) is 0 Å². The summed E-state index contributed by atoms with van der Waals surface area (Å²) in [7, 11) is 0. The molecule has 0 saturated heterocycles. The fourth-order valence-electron chi connectivity index (χ4n) is 1.97. The van der Waals surface area contributed by atoms with Crippen molar-refractivity contribution in [1.82, 2.24) is 0 Å². The number of aliphatic hydroxyl groups excluding tert-OH is 2. The van der Waals surface area contributed by atoms with E-state index in [1.54, 1.807) is 36.4 Å². The molecule has 0 amide bonds. The summed E-state index contributed by atoms with van der Waals surface area (Å²) in [6, 6.07) is 16.0. The van der Waals surface area contributed by atoms with Crippen molar-refractivity contribution in [3.05, 3.63) is 65.7 Å². The van der Waals surface area contributed by atoms with Gasteiger partial charge in [0.1, 0.15) is 5.75 Å². The molecule has 2 aromatic rings. The van der Waals surface area contributed by atoms with Crippen LogP contribution in [0.3, 0.4) is 0 Å². The Balaban J connectivity index is 2.06. The summed E-state index contributed by atoms with van der Waals surface area (Å²) in [6.07, 6.45) is 2.07. The number of unbranched alkanes of at least 4 members (excludes halogenated alkanes) is 1. The SMILES string of the molecule is OC(=C(O)c1ccc(OCCCCBr)cc1)c1ccccc1. The molecule has 0 fully saturated rings. The highest BCUT2D eigenvalue weighted by molar-refractivity contribution is 9.09. The minimum Gasteiger partial charge on any atom is -0.504 e. The highest BCUT2D eigenvalue weighted by Crippen LogP contribution is 2.23. The van der Waals surface area contributed by atoms with Crippen LogP contribution in [0.15, 0.2) is 54.6 Å². The zero-order valence-electron chi connectivity index (χ0n) is 12.2. The maximum absolute atomic E-state index is 10.2. The summed E-state index contributed by atoms with van der Waals surface area (Å²) in [6.45, 7) is 0.669. The topological polar surface area (TPSA) is 49.7 Å². The highest BCUT2D eigenvalue weighted by atomic mass is 79.9. The molecule has 0 aliphatic rings. The summed E-state index contributed by atoms with van der Waals surface area (Å²) < 4.78 is 5.61. The molecule has 3 nitrogen and oxygen atoms in total. The number of ether oxygens (including phenoxy) is 1. The minimum absolute atomic E-state index is 0.133. The summed E-state index contributed by atoms with van der Waals surface area (Å²) in [5, 5.41) is 21.2. The van der Waals surface area contributed by atoms with Crippen molar-refractivity contribution >= 4 is 27.4 Å². The fraction of sp³-hybridized carbons (Fsp3) is 0.222. The Morgan fingerprint density at radius 2 is 1.41 bits per heavy atom. The van der Waals surface area contributed by atoms with Gasteiger partial charge in [-0.25, -0.2) is 0 Å². The quantitative estimate of drug-likeness (QED) is 0.308. The Labute approximate surface area is 139 Å². The number of halogens is 1. The van der Waals surface area contributed by atoms with Crippen LogP contribution < -0.4 is 4.74 Å². The van der Waals surface area contributed by atoms with Crippen molar-refractivity contribution in [2.45, 2.75) is 12.8 Å². The normalized spacial score (nSPS) is 11.9. The molecular formula is C18H19BrO3. The Morgan fingerprint density at radius 1 is 0.818 bits per heavy atom. The molecule has 4 heteroatoms. The van der Waals surface area contributed by atoms with E-state index in [0.29, 0.717) is 17.7 Å². The van der Waals surface area contributed by atoms with Gasteiger partial charge in [0.05, 0.1) is 6.61 Å². The van der Waals surface area contributed by atoms with Gasteiger partial charge in [0, 0.05) is 16.5 Å². The van der Waals surface area contributed by atoms with Crippen molar-refractivity contribution in [2.75, 3.05) is 11.9 Å². The highest BCUT2D eigenvalue weighted by Gasteiger charge is 2.09. The van der Waals surface area contributed by atoms with Crippen molar-refractivity contribution < 1.29 is 14.9 Å². The maximum atomic E-state index is 10.2. The van der Waals surface area contributed by atoms with E-state index in [2.05, 4.69) is 15.9 Å². The summed E-state index contributed by atoms with van der Waals surface area (Å²) in [5.74, 6) is 0.481. The maximum Gasteiger partial charge on any atom is 0.165 e. The predicted octanol–water partition coefficient (Wildman–Crippen LogP) is 5.18. The average molecular weight is 363 g/mol. The van der Waals surface area contributed by atoms with E-state index in [9.17, 15) is 10.2 Å². The Kier molecular flexibility index (Phi) is 6.34. The molecule has 0 saturated carbocycles. The number of alkyl halides is 1. The van der Waals surface area contributed by atoms with E-state index in [0.717, 1.165) is 23.9 Å². The van der Waals surface area contributed by atoms with Gasteiger partial charge in [-0.1, -0.05) is 46.3 Å². The minimum atomic E-state index is -0.142. The van der Waals surface area contributed by atoms with Crippen molar-refractivity contribution in [3.8, 4) is 5.75 Å². The van der Waals surface area contributed by atoms with E-state index in [1.165, 1.54) is 0 Å². The van der Waals surface area contributed by atoms with Crippen molar-refractivity contribution in [3.63, 3.8) is 0 Å². The molecule has 116 valence electrons. The molecule has 0 bridgehead atoms. The lowest BCUT2D eigenvalue weighted by atomic mass is 10.1. The first-order chi connectivity index (χ1) is 10.7. The second kappa shape index (κ2) is 8.49. The third-order valence-electron chi connectivity index (χ3n) is 3.20. The number of hydrogen-bond acceptors (Lipinski definition) is 3. The van der Waals surface area contributed by atoms with E-state index in [-0.39, 0.29) is 11.5 Å². The van der Waals surface area contributed by atoms with Crippen LogP contribution in [0, 0.1) is 0 Å². The summed E-state index contributed by atoms with van der Waals surface area (Å²) >= 11 is 3.38. The first-order valence-corrected chi connectivity index (χ1v) is 8.31. The van der Waals surface area contributed by atoms with Gasteiger partial charge in [-0.15, -0.1) is 0 Å². The van der Waals surface area contributed by atoms with Crippen molar-refractivity contribution in [1.29, 1.82) is 0 Å². The number of aliphatic hydroxyl groups is 2. The molecule has 0 aromatic heterocycles. The molecule has 0 unspecified atom stereocenters. The Morgan fingerprint density at radius 3 is 2.00 bits per heavy atom. The molecule has 2 rings (SSSR count). The van der Waals surface area contributed by atoms with Gasteiger partial charge >= 0.3 is 0 Å². The summed E-state index contributed by atoms with van der Waals surface area (Å²) in [4.78, 5) is 0. The average Bonchev–Trinajstić information content (AvgIpc) is 2.59. The Bertz CT molecular complexity index is 606. The van der Waals surface area contributed by atoms with Crippen LogP contribution in [-0.4, -0.2) is 22.2 Å². The molecule has 0 atom stereocenters. The first kappa shape index (κ1) is 16.4. The van der Waals surface area contributed by atoms with Crippen LogP contribution in [0.25, 0.3) is 11.5 Å². The lowest BCUT2D eigenvalue weighted by Crippen LogP contribution is -1.98. The third kappa shape index (κ3) is 4.53. The van der Waals surface area contributed by atoms with E-state index >= 15 is 0 Å².